The van der Waals surface area contributed by atoms with Gasteiger partial charge in [-0.25, -0.2) is 0 Å². The normalized spacial score (nSPS) is 12.8. The van der Waals surface area contributed by atoms with Crippen molar-refractivity contribution in [3.63, 3.8) is 0 Å². The van der Waals surface area contributed by atoms with Gasteiger partial charge in [0, 0.05) is 18.2 Å². The quantitative estimate of drug-likeness (QED) is 0.789. The van der Waals surface area contributed by atoms with Crippen molar-refractivity contribution in [3.8, 4) is 11.5 Å². The SMILES string of the molecule is NC(=O)c1cccc(CNC(=O)/C=C/c2cc(Cl)c3c(c2)OCCO3)c1. The van der Waals surface area contributed by atoms with Gasteiger partial charge in [-0.1, -0.05) is 23.7 Å². The third kappa shape index (κ3) is 4.34. The Morgan fingerprint density at radius 3 is 2.81 bits per heavy atom. The Morgan fingerprint density at radius 2 is 2.00 bits per heavy atom. The zero-order chi connectivity index (χ0) is 18.5. The Morgan fingerprint density at radius 1 is 1.19 bits per heavy atom. The molecule has 134 valence electrons. The summed E-state index contributed by atoms with van der Waals surface area (Å²) in [7, 11) is 0. The van der Waals surface area contributed by atoms with Crippen molar-refractivity contribution in [2.75, 3.05) is 13.2 Å². The number of amides is 2. The highest BCUT2D eigenvalue weighted by Gasteiger charge is 2.15. The lowest BCUT2D eigenvalue weighted by Gasteiger charge is -2.19. The molecule has 1 heterocycles. The van der Waals surface area contributed by atoms with Crippen LogP contribution in [-0.4, -0.2) is 25.0 Å². The topological polar surface area (TPSA) is 90.7 Å². The molecule has 2 aromatic carbocycles. The predicted molar refractivity (Wildman–Crippen MR) is 98.3 cm³/mol. The second-order valence-corrected chi connectivity index (χ2v) is 6.05. The first-order valence-corrected chi connectivity index (χ1v) is 8.34. The Labute approximate surface area is 155 Å². The number of hydrogen-bond donors (Lipinski definition) is 2. The van der Waals surface area contributed by atoms with Gasteiger partial charge in [0.2, 0.25) is 11.8 Å². The van der Waals surface area contributed by atoms with Crippen LogP contribution in [0.5, 0.6) is 11.5 Å². The van der Waals surface area contributed by atoms with E-state index in [1.165, 1.54) is 6.08 Å². The highest BCUT2D eigenvalue weighted by Crippen LogP contribution is 2.38. The van der Waals surface area contributed by atoms with Crippen molar-refractivity contribution in [1.29, 1.82) is 0 Å². The third-order valence-electron chi connectivity index (χ3n) is 3.72. The summed E-state index contributed by atoms with van der Waals surface area (Å²) >= 11 is 6.17. The average Bonchev–Trinajstić information content (AvgIpc) is 2.65. The molecule has 0 spiro atoms. The van der Waals surface area contributed by atoms with Gasteiger partial charge in [-0.3, -0.25) is 9.59 Å². The Kier molecular flexibility index (Phi) is 5.43. The lowest BCUT2D eigenvalue weighted by atomic mass is 10.1. The summed E-state index contributed by atoms with van der Waals surface area (Å²) in [6, 6.07) is 10.3. The molecule has 0 aromatic heterocycles. The molecule has 7 heteroatoms. The number of nitrogens with one attached hydrogen (secondary N) is 1. The molecule has 0 bridgehead atoms. The van der Waals surface area contributed by atoms with Crippen molar-refractivity contribution in [2.45, 2.75) is 6.54 Å². The zero-order valence-electron chi connectivity index (χ0n) is 13.8. The number of halogens is 1. The van der Waals surface area contributed by atoms with E-state index in [0.717, 1.165) is 11.1 Å². The highest BCUT2D eigenvalue weighted by molar-refractivity contribution is 6.32. The van der Waals surface area contributed by atoms with Gasteiger partial charge < -0.3 is 20.5 Å². The number of ether oxygens (including phenoxy) is 2. The number of carbonyl (C=O) groups excluding carboxylic acids is 2. The second kappa shape index (κ2) is 7.93. The molecule has 2 amide bonds. The summed E-state index contributed by atoms with van der Waals surface area (Å²) in [6.45, 7) is 1.20. The molecule has 0 aliphatic carbocycles. The van der Waals surface area contributed by atoms with Crippen LogP contribution < -0.4 is 20.5 Å². The van der Waals surface area contributed by atoms with Crippen molar-refractivity contribution < 1.29 is 19.1 Å². The molecule has 0 atom stereocenters. The fourth-order valence-electron chi connectivity index (χ4n) is 2.48. The number of rotatable bonds is 5. The second-order valence-electron chi connectivity index (χ2n) is 5.64. The van der Waals surface area contributed by atoms with E-state index in [9.17, 15) is 9.59 Å². The van der Waals surface area contributed by atoms with E-state index in [-0.39, 0.29) is 12.5 Å². The largest absolute Gasteiger partial charge is 0.486 e. The van der Waals surface area contributed by atoms with Gasteiger partial charge in [-0.2, -0.15) is 0 Å². The molecule has 0 saturated carbocycles. The summed E-state index contributed by atoms with van der Waals surface area (Å²) in [5.41, 5.74) is 7.15. The summed E-state index contributed by atoms with van der Waals surface area (Å²) in [6.07, 6.45) is 3.04. The fourth-order valence-corrected chi connectivity index (χ4v) is 2.76. The number of nitrogens with two attached hydrogens (primary N) is 1. The molecule has 1 aliphatic heterocycles. The van der Waals surface area contributed by atoms with Crippen molar-refractivity contribution >= 4 is 29.5 Å². The molecule has 26 heavy (non-hydrogen) atoms. The first kappa shape index (κ1) is 17.8. The smallest absolute Gasteiger partial charge is 0.248 e. The van der Waals surface area contributed by atoms with Gasteiger partial charge in [0.25, 0.3) is 0 Å². The van der Waals surface area contributed by atoms with E-state index in [0.29, 0.717) is 35.3 Å². The Balaban J connectivity index is 1.62. The molecule has 0 saturated heterocycles. The van der Waals surface area contributed by atoms with Crippen LogP contribution in [0.15, 0.2) is 42.5 Å². The lowest BCUT2D eigenvalue weighted by Crippen LogP contribution is -2.20. The van der Waals surface area contributed by atoms with E-state index >= 15 is 0 Å². The monoisotopic (exact) mass is 372 g/mol. The minimum Gasteiger partial charge on any atom is -0.486 e. The fraction of sp³-hybridized carbons (Fsp3) is 0.158. The summed E-state index contributed by atoms with van der Waals surface area (Å²) in [5.74, 6) is 0.301. The van der Waals surface area contributed by atoms with E-state index in [4.69, 9.17) is 26.8 Å². The third-order valence-corrected chi connectivity index (χ3v) is 4.01. The maximum atomic E-state index is 12.0. The highest BCUT2D eigenvalue weighted by atomic mass is 35.5. The lowest BCUT2D eigenvalue weighted by molar-refractivity contribution is -0.116. The minimum atomic E-state index is -0.506. The Hall–Kier alpha value is -2.99. The van der Waals surface area contributed by atoms with Crippen LogP contribution in [0, 0.1) is 0 Å². The van der Waals surface area contributed by atoms with Gasteiger partial charge in [-0.05, 0) is 41.5 Å². The molecule has 1 aliphatic rings. The van der Waals surface area contributed by atoms with Crippen LogP contribution in [-0.2, 0) is 11.3 Å². The van der Waals surface area contributed by atoms with Gasteiger partial charge in [0.15, 0.2) is 11.5 Å². The first-order chi connectivity index (χ1) is 12.5. The number of benzene rings is 2. The number of primary amides is 1. The van der Waals surface area contributed by atoms with Crippen molar-refractivity contribution in [3.05, 3.63) is 64.2 Å². The molecule has 3 N–H and O–H groups in total. The Bertz CT molecular complexity index is 880. The number of hydrogen-bond acceptors (Lipinski definition) is 4. The standard InChI is InChI=1S/C19H17ClN2O4/c20-15-9-12(10-16-18(15)26-7-6-25-16)4-5-17(23)22-11-13-2-1-3-14(8-13)19(21)24/h1-5,8-10H,6-7,11H2,(H2,21,24)(H,22,23)/b5-4+. The van der Waals surface area contributed by atoms with Crippen LogP contribution in [0.4, 0.5) is 0 Å². The molecule has 2 aromatic rings. The van der Waals surface area contributed by atoms with Crippen LogP contribution in [0.2, 0.25) is 5.02 Å². The maximum Gasteiger partial charge on any atom is 0.248 e. The molecular formula is C19H17ClN2O4. The van der Waals surface area contributed by atoms with Crippen molar-refractivity contribution in [1.82, 2.24) is 5.32 Å². The van der Waals surface area contributed by atoms with E-state index in [2.05, 4.69) is 5.32 Å². The van der Waals surface area contributed by atoms with Gasteiger partial charge in [0.05, 0.1) is 5.02 Å². The summed E-state index contributed by atoms with van der Waals surface area (Å²) in [4.78, 5) is 23.2. The summed E-state index contributed by atoms with van der Waals surface area (Å²) in [5, 5.41) is 3.18. The maximum absolute atomic E-state index is 12.0. The van der Waals surface area contributed by atoms with Crippen LogP contribution in [0.25, 0.3) is 6.08 Å². The van der Waals surface area contributed by atoms with Crippen LogP contribution >= 0.6 is 11.6 Å². The number of fused-ring (bicyclic) bond motifs is 1. The predicted octanol–water partition coefficient (Wildman–Crippen LogP) is 2.54. The molecular weight excluding hydrogens is 356 g/mol. The van der Waals surface area contributed by atoms with Crippen LogP contribution in [0.3, 0.4) is 0 Å². The van der Waals surface area contributed by atoms with Gasteiger partial charge in [0.1, 0.15) is 13.2 Å². The van der Waals surface area contributed by atoms with Crippen molar-refractivity contribution in [2.24, 2.45) is 5.73 Å². The van der Waals surface area contributed by atoms with Crippen LogP contribution in [0.1, 0.15) is 21.5 Å². The van der Waals surface area contributed by atoms with E-state index < -0.39 is 5.91 Å². The number of carbonyl (C=O) groups is 2. The minimum absolute atomic E-state index is 0.277. The first-order valence-electron chi connectivity index (χ1n) is 7.97. The van der Waals surface area contributed by atoms with Gasteiger partial charge in [-0.15, -0.1) is 0 Å². The van der Waals surface area contributed by atoms with E-state index in [1.807, 2.05) is 0 Å². The molecule has 6 nitrogen and oxygen atoms in total. The molecule has 0 radical (unpaired) electrons. The molecule has 0 fully saturated rings. The molecule has 3 rings (SSSR count). The van der Waals surface area contributed by atoms with Gasteiger partial charge >= 0.3 is 0 Å². The van der Waals surface area contributed by atoms with E-state index in [1.54, 1.807) is 42.5 Å². The molecule has 0 unspecified atom stereocenters. The average molecular weight is 373 g/mol. The summed E-state index contributed by atoms with van der Waals surface area (Å²) < 4.78 is 11.0. The zero-order valence-corrected chi connectivity index (χ0v) is 14.6.